The van der Waals surface area contributed by atoms with E-state index >= 15 is 0 Å². The van der Waals surface area contributed by atoms with E-state index < -0.39 is 0 Å². The highest BCUT2D eigenvalue weighted by Crippen LogP contribution is 2.36. The lowest BCUT2D eigenvalue weighted by atomic mass is 9.95. The Hall–Kier alpha value is -1.84. The second kappa shape index (κ2) is 8.03. The van der Waals surface area contributed by atoms with E-state index in [2.05, 4.69) is 24.0 Å². The smallest absolute Gasteiger partial charge is 0.228 e. The monoisotopic (exact) mass is 342 g/mol. The summed E-state index contributed by atoms with van der Waals surface area (Å²) < 4.78 is 0. The van der Waals surface area contributed by atoms with E-state index in [1.165, 1.54) is 18.4 Å². The van der Waals surface area contributed by atoms with Gasteiger partial charge in [0.2, 0.25) is 11.8 Å². The lowest BCUT2D eigenvalue weighted by Crippen LogP contribution is -2.49. The number of hydrogen-bond donors (Lipinski definition) is 0. The molecule has 1 saturated carbocycles. The molecule has 1 aliphatic carbocycles. The Balaban J connectivity index is 1.72. The molecular weight excluding hydrogens is 312 g/mol. The number of amides is 2. The normalized spacial score (nSPS) is 21.7. The van der Waals surface area contributed by atoms with Crippen molar-refractivity contribution in [1.29, 1.82) is 0 Å². The van der Waals surface area contributed by atoms with Crippen molar-refractivity contribution in [2.75, 3.05) is 13.1 Å². The van der Waals surface area contributed by atoms with Gasteiger partial charge in [0, 0.05) is 32.1 Å². The molecule has 4 nitrogen and oxygen atoms in total. The largest absolute Gasteiger partial charge is 0.342 e. The van der Waals surface area contributed by atoms with Crippen molar-refractivity contribution < 1.29 is 9.59 Å². The van der Waals surface area contributed by atoms with Crippen LogP contribution in [0.2, 0.25) is 0 Å². The van der Waals surface area contributed by atoms with Gasteiger partial charge in [0.25, 0.3) is 0 Å². The van der Waals surface area contributed by atoms with Crippen LogP contribution in [0.3, 0.4) is 0 Å². The summed E-state index contributed by atoms with van der Waals surface area (Å²) in [5.41, 5.74) is 1.18. The summed E-state index contributed by atoms with van der Waals surface area (Å²) in [6.45, 7) is 6.15. The molecule has 2 unspecified atom stereocenters. The molecule has 1 aromatic rings. The average molecular weight is 342 g/mol. The quantitative estimate of drug-likeness (QED) is 0.794. The van der Waals surface area contributed by atoms with E-state index in [4.69, 9.17) is 0 Å². The number of nitrogens with zero attached hydrogens (tertiary/aromatic N) is 2. The second-order valence-electron chi connectivity index (χ2n) is 7.56. The number of carbonyl (C=O) groups is 2. The maximum Gasteiger partial charge on any atom is 0.228 e. The van der Waals surface area contributed by atoms with Gasteiger partial charge in [0.1, 0.15) is 0 Å². The molecule has 0 bridgehead atoms. The lowest BCUT2D eigenvalue weighted by molar-refractivity contribution is -0.143. The molecule has 2 amide bonds. The highest BCUT2D eigenvalue weighted by atomic mass is 16.2. The van der Waals surface area contributed by atoms with Crippen LogP contribution in [0.1, 0.15) is 51.5 Å². The van der Waals surface area contributed by atoms with Crippen molar-refractivity contribution in [3.63, 3.8) is 0 Å². The number of carbonyl (C=O) groups excluding carboxylic acids is 2. The van der Waals surface area contributed by atoms with Gasteiger partial charge in [-0.25, -0.2) is 0 Å². The van der Waals surface area contributed by atoms with Gasteiger partial charge in [-0.2, -0.15) is 0 Å². The maximum atomic E-state index is 13.3. The minimum Gasteiger partial charge on any atom is -0.342 e. The predicted molar refractivity (Wildman–Crippen MR) is 98.8 cm³/mol. The van der Waals surface area contributed by atoms with Crippen molar-refractivity contribution >= 4 is 11.8 Å². The topological polar surface area (TPSA) is 40.6 Å². The summed E-state index contributed by atoms with van der Waals surface area (Å²) in [6, 6.07) is 10.5. The summed E-state index contributed by atoms with van der Waals surface area (Å²) in [5.74, 6) is 0.998. The van der Waals surface area contributed by atoms with Crippen molar-refractivity contribution in [3.8, 4) is 0 Å². The van der Waals surface area contributed by atoms with Gasteiger partial charge < -0.3 is 9.80 Å². The Morgan fingerprint density at radius 3 is 2.56 bits per heavy atom. The van der Waals surface area contributed by atoms with E-state index in [1.807, 2.05) is 30.0 Å². The number of hydrogen-bond acceptors (Lipinski definition) is 2. The van der Waals surface area contributed by atoms with Gasteiger partial charge in [-0.3, -0.25) is 9.59 Å². The molecular formula is C21H30N2O2. The van der Waals surface area contributed by atoms with Gasteiger partial charge in [-0.15, -0.1) is 0 Å². The van der Waals surface area contributed by atoms with Crippen LogP contribution < -0.4 is 0 Å². The first-order valence-corrected chi connectivity index (χ1v) is 9.72. The summed E-state index contributed by atoms with van der Waals surface area (Å²) >= 11 is 0. The minimum absolute atomic E-state index is 0.0471. The number of rotatable bonds is 6. The fraction of sp³-hybridized carbons (Fsp3) is 0.619. The molecule has 1 heterocycles. The molecule has 0 aromatic heterocycles. The third kappa shape index (κ3) is 4.42. The van der Waals surface area contributed by atoms with Crippen LogP contribution in [0.4, 0.5) is 0 Å². The third-order valence-electron chi connectivity index (χ3n) is 5.70. The van der Waals surface area contributed by atoms with E-state index in [-0.39, 0.29) is 23.8 Å². The Bertz CT molecular complexity index is 597. The van der Waals surface area contributed by atoms with Crippen LogP contribution in [-0.4, -0.2) is 40.7 Å². The number of benzene rings is 1. The Morgan fingerprint density at radius 2 is 1.92 bits per heavy atom. The van der Waals surface area contributed by atoms with Crippen molar-refractivity contribution in [2.45, 2.75) is 58.5 Å². The molecule has 1 aromatic carbocycles. The lowest BCUT2D eigenvalue weighted by Gasteiger charge is -2.37. The first-order chi connectivity index (χ1) is 12.1. The zero-order valence-electron chi connectivity index (χ0n) is 15.5. The van der Waals surface area contributed by atoms with Crippen LogP contribution in [0.15, 0.2) is 30.3 Å². The van der Waals surface area contributed by atoms with Crippen LogP contribution >= 0.6 is 0 Å². The van der Waals surface area contributed by atoms with E-state index in [9.17, 15) is 9.59 Å². The zero-order valence-corrected chi connectivity index (χ0v) is 15.5. The third-order valence-corrected chi connectivity index (χ3v) is 5.70. The van der Waals surface area contributed by atoms with Gasteiger partial charge in [0.05, 0.1) is 5.92 Å². The van der Waals surface area contributed by atoms with Crippen molar-refractivity contribution in [3.05, 3.63) is 35.9 Å². The highest BCUT2D eigenvalue weighted by molar-refractivity contribution is 5.81. The molecule has 2 aliphatic rings. The Morgan fingerprint density at radius 1 is 1.20 bits per heavy atom. The molecule has 25 heavy (non-hydrogen) atoms. The maximum absolute atomic E-state index is 13.3. The van der Waals surface area contributed by atoms with Gasteiger partial charge in [-0.05, 0) is 44.1 Å². The van der Waals surface area contributed by atoms with E-state index in [0.29, 0.717) is 25.4 Å². The summed E-state index contributed by atoms with van der Waals surface area (Å²) in [5, 5.41) is 0. The van der Waals surface area contributed by atoms with Crippen LogP contribution in [0.25, 0.3) is 0 Å². The van der Waals surface area contributed by atoms with Gasteiger partial charge >= 0.3 is 0 Å². The van der Waals surface area contributed by atoms with Gasteiger partial charge in [-0.1, -0.05) is 37.3 Å². The molecule has 2 atom stereocenters. The second-order valence-corrected chi connectivity index (χ2v) is 7.56. The molecule has 1 saturated heterocycles. The molecule has 4 heteroatoms. The zero-order chi connectivity index (χ0) is 17.8. The van der Waals surface area contributed by atoms with E-state index in [1.54, 1.807) is 0 Å². The van der Waals surface area contributed by atoms with E-state index in [0.717, 1.165) is 19.4 Å². The fourth-order valence-electron chi connectivity index (χ4n) is 3.90. The summed E-state index contributed by atoms with van der Waals surface area (Å²) in [7, 11) is 0. The number of likely N-dealkylation sites (tertiary alicyclic amines) is 1. The first-order valence-electron chi connectivity index (χ1n) is 9.72. The summed E-state index contributed by atoms with van der Waals surface area (Å²) in [4.78, 5) is 29.3. The number of piperidine rings is 1. The Labute approximate surface area is 151 Å². The predicted octanol–water partition coefficient (Wildman–Crippen LogP) is 3.46. The molecule has 0 spiro atoms. The SMILES string of the molecule is CCC(=O)N1CCCC(C(=O)N(Cc2ccccc2)C(C)C2CC2)C1. The molecule has 136 valence electrons. The fourth-order valence-corrected chi connectivity index (χ4v) is 3.90. The minimum atomic E-state index is -0.0471. The molecule has 1 aliphatic heterocycles. The highest BCUT2D eigenvalue weighted by Gasteiger charge is 2.38. The molecule has 0 radical (unpaired) electrons. The van der Waals surface area contributed by atoms with Crippen molar-refractivity contribution in [2.24, 2.45) is 11.8 Å². The summed E-state index contributed by atoms with van der Waals surface area (Å²) in [6.07, 6.45) is 4.80. The van der Waals surface area contributed by atoms with Crippen LogP contribution in [-0.2, 0) is 16.1 Å². The Kier molecular flexibility index (Phi) is 5.77. The molecule has 0 N–H and O–H groups in total. The average Bonchev–Trinajstić information content (AvgIpc) is 3.50. The standard InChI is InChI=1S/C21H30N2O2/c1-3-20(24)22-13-7-10-19(15-22)21(25)23(16(2)18-11-12-18)14-17-8-5-4-6-9-17/h4-6,8-9,16,18-19H,3,7,10-15H2,1-2H3. The molecule has 3 rings (SSSR count). The van der Waals surface area contributed by atoms with Crippen LogP contribution in [0.5, 0.6) is 0 Å². The first kappa shape index (κ1) is 18.0. The van der Waals surface area contributed by atoms with Gasteiger partial charge in [0.15, 0.2) is 0 Å². The molecule has 2 fully saturated rings. The van der Waals surface area contributed by atoms with Crippen LogP contribution in [0, 0.1) is 11.8 Å². The van der Waals surface area contributed by atoms with Crippen molar-refractivity contribution in [1.82, 2.24) is 9.80 Å².